The van der Waals surface area contributed by atoms with Gasteiger partial charge in [-0.05, 0) is 46.6 Å². The smallest absolute Gasteiger partial charge is 0.337 e. The summed E-state index contributed by atoms with van der Waals surface area (Å²) in [5, 5.41) is 14.6. The van der Waals surface area contributed by atoms with Gasteiger partial charge in [-0.15, -0.1) is 0 Å². The van der Waals surface area contributed by atoms with Crippen LogP contribution in [0.2, 0.25) is 0 Å². The predicted octanol–water partition coefficient (Wildman–Crippen LogP) is 4.51. The third-order valence-electron chi connectivity index (χ3n) is 4.68. The van der Waals surface area contributed by atoms with Crippen LogP contribution in [0.25, 0.3) is 0 Å². The minimum atomic E-state index is -0.847. The van der Waals surface area contributed by atoms with E-state index >= 15 is 0 Å². The van der Waals surface area contributed by atoms with Crippen LogP contribution >= 0.6 is 0 Å². The topological polar surface area (TPSA) is 108 Å². The van der Waals surface area contributed by atoms with Crippen molar-refractivity contribution in [3.8, 4) is 0 Å². The molecule has 8 heteroatoms. The second-order valence-corrected chi connectivity index (χ2v) is 8.00. The van der Waals surface area contributed by atoms with E-state index in [0.717, 1.165) is 6.42 Å². The van der Waals surface area contributed by atoms with E-state index in [9.17, 15) is 19.7 Å². The Morgan fingerprint density at radius 1 is 1.10 bits per heavy atom. The van der Waals surface area contributed by atoms with Crippen LogP contribution in [0.15, 0.2) is 46.8 Å². The Kier molecular flexibility index (Phi) is 7.96. The van der Waals surface area contributed by atoms with Crippen molar-refractivity contribution in [3.63, 3.8) is 0 Å². The van der Waals surface area contributed by atoms with Gasteiger partial charge in [-0.25, -0.2) is 9.59 Å². The molecule has 0 saturated carbocycles. The first-order valence-electron chi connectivity index (χ1n) is 10.4. The van der Waals surface area contributed by atoms with Crippen LogP contribution in [0.5, 0.6) is 0 Å². The molecule has 0 radical (unpaired) electrons. The van der Waals surface area contributed by atoms with E-state index in [-0.39, 0.29) is 29.0 Å². The molecule has 0 aliphatic carbocycles. The van der Waals surface area contributed by atoms with Crippen LogP contribution in [0.4, 0.5) is 5.69 Å². The van der Waals surface area contributed by atoms with Crippen molar-refractivity contribution in [2.24, 2.45) is 0 Å². The number of carbonyl (C=O) groups is 2. The van der Waals surface area contributed by atoms with Gasteiger partial charge in [-0.2, -0.15) is 0 Å². The molecule has 1 unspecified atom stereocenters. The highest BCUT2D eigenvalue weighted by molar-refractivity contribution is 6.00. The van der Waals surface area contributed by atoms with Crippen LogP contribution in [0, 0.1) is 10.1 Å². The molecule has 1 aliphatic rings. The maximum Gasteiger partial charge on any atom is 0.337 e. The first-order valence-corrected chi connectivity index (χ1v) is 10.4. The molecule has 1 aromatic carbocycles. The molecule has 2 rings (SSSR count). The zero-order valence-electron chi connectivity index (χ0n) is 18.9. The number of ether oxygens (including phenoxy) is 2. The summed E-state index contributed by atoms with van der Waals surface area (Å²) < 4.78 is 10.9. The molecule has 0 spiro atoms. The number of hydrogen-bond donors (Lipinski definition) is 1. The Labute approximate surface area is 182 Å². The van der Waals surface area contributed by atoms with Gasteiger partial charge in [0.25, 0.3) is 5.69 Å². The van der Waals surface area contributed by atoms with Crippen molar-refractivity contribution < 1.29 is 24.0 Å². The second kappa shape index (κ2) is 10.2. The molecule has 0 saturated heterocycles. The summed E-state index contributed by atoms with van der Waals surface area (Å²) in [4.78, 5) is 37.1. The lowest BCUT2D eigenvalue weighted by Gasteiger charge is -2.32. The van der Waals surface area contributed by atoms with Crippen molar-refractivity contribution in [1.82, 2.24) is 5.32 Å². The Morgan fingerprint density at radius 3 is 2.19 bits per heavy atom. The molecule has 31 heavy (non-hydrogen) atoms. The summed E-state index contributed by atoms with van der Waals surface area (Å²) in [7, 11) is 0. The van der Waals surface area contributed by atoms with Crippen molar-refractivity contribution in [2.75, 3.05) is 0 Å². The highest BCUT2D eigenvalue weighted by atomic mass is 16.6. The number of rotatable bonds is 8. The first kappa shape index (κ1) is 24.1. The molecule has 0 amide bonds. The SMILES string of the molecule is CCCC1=C(C(=O)OC(C)C)C(c2cccc([N+](=O)[O-])c2)C(C(=O)OC(C)C)=C(C)N1. The quantitative estimate of drug-likeness (QED) is 0.367. The minimum absolute atomic E-state index is 0.126. The lowest BCUT2D eigenvalue weighted by Crippen LogP contribution is -2.34. The standard InChI is InChI=1S/C23H30N2O6/c1-7-9-18-21(23(27)31-14(4)5)20(16-10-8-11-17(12-16)25(28)29)19(15(6)24-18)22(26)30-13(2)3/h8,10-14,20,24H,7,9H2,1-6H3. The minimum Gasteiger partial charge on any atom is -0.460 e. The van der Waals surface area contributed by atoms with Gasteiger partial charge in [0.1, 0.15) is 0 Å². The van der Waals surface area contributed by atoms with E-state index in [1.54, 1.807) is 46.8 Å². The van der Waals surface area contributed by atoms with Gasteiger partial charge in [0.05, 0.1) is 34.2 Å². The van der Waals surface area contributed by atoms with Crippen LogP contribution in [-0.2, 0) is 19.1 Å². The number of nitrogens with zero attached hydrogens (tertiary/aromatic N) is 1. The number of hydrogen-bond acceptors (Lipinski definition) is 7. The molecule has 1 atom stereocenters. The normalized spacial score (nSPS) is 16.5. The van der Waals surface area contributed by atoms with E-state index in [1.807, 2.05) is 6.92 Å². The van der Waals surface area contributed by atoms with Gasteiger partial charge in [-0.3, -0.25) is 10.1 Å². The van der Waals surface area contributed by atoms with Gasteiger partial charge in [0.2, 0.25) is 0 Å². The van der Waals surface area contributed by atoms with Crippen molar-refractivity contribution in [2.45, 2.75) is 72.5 Å². The van der Waals surface area contributed by atoms with Crippen LogP contribution in [-0.4, -0.2) is 29.1 Å². The summed E-state index contributed by atoms with van der Waals surface area (Å²) in [6.45, 7) is 10.7. The Bertz CT molecular complexity index is 930. The van der Waals surface area contributed by atoms with E-state index < -0.39 is 22.8 Å². The van der Waals surface area contributed by atoms with Gasteiger partial charge in [0.15, 0.2) is 0 Å². The fraction of sp³-hybridized carbons (Fsp3) is 0.478. The molecule has 0 aromatic heterocycles. The van der Waals surface area contributed by atoms with Gasteiger partial charge in [0, 0.05) is 23.5 Å². The summed E-state index contributed by atoms with van der Waals surface area (Å²) in [5.74, 6) is -1.99. The van der Waals surface area contributed by atoms with E-state index in [2.05, 4.69) is 5.32 Å². The zero-order valence-corrected chi connectivity index (χ0v) is 18.9. The molecule has 168 valence electrons. The van der Waals surface area contributed by atoms with Crippen LogP contribution in [0.3, 0.4) is 0 Å². The Hall–Kier alpha value is -3.16. The van der Waals surface area contributed by atoms with Gasteiger partial charge >= 0.3 is 11.9 Å². The Balaban J connectivity index is 2.75. The average molecular weight is 431 g/mol. The molecule has 8 nitrogen and oxygen atoms in total. The number of carbonyl (C=O) groups excluding carboxylic acids is 2. The molecule has 0 bridgehead atoms. The van der Waals surface area contributed by atoms with E-state index in [0.29, 0.717) is 23.4 Å². The number of nitrogens with one attached hydrogen (secondary N) is 1. The summed E-state index contributed by atoms with van der Waals surface area (Å²) >= 11 is 0. The maximum atomic E-state index is 13.2. The molecule has 1 N–H and O–H groups in total. The molecular weight excluding hydrogens is 400 g/mol. The predicted molar refractivity (Wildman–Crippen MR) is 116 cm³/mol. The molecule has 1 aromatic rings. The Morgan fingerprint density at radius 2 is 1.68 bits per heavy atom. The number of nitro groups is 1. The fourth-order valence-electron chi connectivity index (χ4n) is 3.56. The molecule has 1 aliphatic heterocycles. The molecule has 1 heterocycles. The number of non-ortho nitro benzene ring substituents is 1. The number of esters is 2. The monoisotopic (exact) mass is 430 g/mol. The van der Waals surface area contributed by atoms with Crippen molar-refractivity contribution in [3.05, 3.63) is 62.5 Å². The summed E-state index contributed by atoms with van der Waals surface area (Å²) in [6, 6.07) is 5.97. The summed E-state index contributed by atoms with van der Waals surface area (Å²) in [6.07, 6.45) is 0.566. The second-order valence-electron chi connectivity index (χ2n) is 8.00. The van der Waals surface area contributed by atoms with E-state index in [1.165, 1.54) is 12.1 Å². The lowest BCUT2D eigenvalue weighted by molar-refractivity contribution is -0.384. The third-order valence-corrected chi connectivity index (χ3v) is 4.68. The summed E-state index contributed by atoms with van der Waals surface area (Å²) in [5.41, 5.74) is 2.03. The zero-order chi connectivity index (χ0) is 23.3. The largest absolute Gasteiger partial charge is 0.460 e. The number of dihydropyridines is 1. The molecular formula is C23H30N2O6. The fourth-order valence-corrected chi connectivity index (χ4v) is 3.56. The molecule has 0 fully saturated rings. The van der Waals surface area contributed by atoms with Gasteiger partial charge < -0.3 is 14.8 Å². The number of allylic oxidation sites excluding steroid dienone is 2. The van der Waals surface area contributed by atoms with Gasteiger partial charge in [-0.1, -0.05) is 25.5 Å². The average Bonchev–Trinajstić information content (AvgIpc) is 2.66. The lowest BCUT2D eigenvalue weighted by atomic mass is 9.79. The van der Waals surface area contributed by atoms with Crippen molar-refractivity contribution in [1.29, 1.82) is 0 Å². The highest BCUT2D eigenvalue weighted by Gasteiger charge is 2.39. The first-order chi connectivity index (χ1) is 14.6. The maximum absolute atomic E-state index is 13.2. The van der Waals surface area contributed by atoms with Crippen molar-refractivity contribution >= 4 is 17.6 Å². The van der Waals surface area contributed by atoms with Crippen LogP contribution < -0.4 is 5.32 Å². The number of benzene rings is 1. The number of nitro benzene ring substituents is 1. The van der Waals surface area contributed by atoms with Crippen LogP contribution in [0.1, 0.15) is 65.9 Å². The third kappa shape index (κ3) is 5.71. The van der Waals surface area contributed by atoms with E-state index in [4.69, 9.17) is 9.47 Å². The highest BCUT2D eigenvalue weighted by Crippen LogP contribution is 2.41.